The molecular formula is C13H22N2O. The Bertz CT molecular complexity index is 337. The molecule has 0 bridgehead atoms. The van der Waals surface area contributed by atoms with E-state index in [9.17, 15) is 5.11 Å². The van der Waals surface area contributed by atoms with Gasteiger partial charge in [0.05, 0.1) is 5.69 Å². The highest BCUT2D eigenvalue weighted by Gasteiger charge is 2.12. The molecule has 0 amide bonds. The third-order valence-corrected chi connectivity index (χ3v) is 2.68. The van der Waals surface area contributed by atoms with E-state index in [0.29, 0.717) is 11.8 Å². The van der Waals surface area contributed by atoms with Crippen molar-refractivity contribution in [2.45, 2.75) is 46.7 Å². The highest BCUT2D eigenvalue weighted by atomic mass is 16.3. The summed E-state index contributed by atoms with van der Waals surface area (Å²) in [7, 11) is 0. The molecule has 0 radical (unpaired) electrons. The number of aromatic nitrogens is 1. The number of aryl methyl sites for hydroxylation is 1. The standard InChI is InChI=1S/C13H22N2O/c1-5-8-15(10(2)3)9-12-13(16)7-6-11(4)14-12/h6-7,10,16H,5,8-9H2,1-4H3. The molecule has 0 spiro atoms. The zero-order valence-corrected chi connectivity index (χ0v) is 10.7. The van der Waals surface area contributed by atoms with Crippen LogP contribution in [0.15, 0.2) is 12.1 Å². The van der Waals surface area contributed by atoms with E-state index in [1.807, 2.05) is 13.0 Å². The van der Waals surface area contributed by atoms with Gasteiger partial charge >= 0.3 is 0 Å². The Kier molecular flexibility index (Phi) is 4.74. The summed E-state index contributed by atoms with van der Waals surface area (Å²) in [5.41, 5.74) is 1.73. The quantitative estimate of drug-likeness (QED) is 0.832. The van der Waals surface area contributed by atoms with Gasteiger partial charge in [0.15, 0.2) is 0 Å². The molecule has 1 aromatic heterocycles. The first kappa shape index (κ1) is 13.0. The largest absolute Gasteiger partial charge is 0.506 e. The molecule has 1 aromatic rings. The molecule has 1 heterocycles. The molecule has 0 aliphatic heterocycles. The molecule has 0 saturated carbocycles. The first-order chi connectivity index (χ1) is 7.54. The third kappa shape index (κ3) is 3.49. The van der Waals surface area contributed by atoms with Crippen molar-refractivity contribution in [3.63, 3.8) is 0 Å². The smallest absolute Gasteiger partial charge is 0.138 e. The van der Waals surface area contributed by atoms with Gasteiger partial charge in [-0.3, -0.25) is 9.88 Å². The summed E-state index contributed by atoms with van der Waals surface area (Å²) >= 11 is 0. The van der Waals surface area contributed by atoms with Gasteiger partial charge in [-0.15, -0.1) is 0 Å². The maximum absolute atomic E-state index is 9.74. The highest BCUT2D eigenvalue weighted by molar-refractivity contribution is 5.27. The van der Waals surface area contributed by atoms with Crippen molar-refractivity contribution in [1.29, 1.82) is 0 Å². The van der Waals surface area contributed by atoms with Crippen LogP contribution in [0.4, 0.5) is 0 Å². The lowest BCUT2D eigenvalue weighted by molar-refractivity contribution is 0.208. The van der Waals surface area contributed by atoms with Crippen LogP contribution in [0.5, 0.6) is 5.75 Å². The molecule has 0 aliphatic carbocycles. The Morgan fingerprint density at radius 3 is 2.62 bits per heavy atom. The van der Waals surface area contributed by atoms with Gasteiger partial charge in [-0.25, -0.2) is 0 Å². The van der Waals surface area contributed by atoms with Crippen molar-refractivity contribution < 1.29 is 5.11 Å². The van der Waals surface area contributed by atoms with E-state index in [1.165, 1.54) is 0 Å². The number of nitrogens with zero attached hydrogens (tertiary/aromatic N) is 2. The molecule has 0 aromatic carbocycles. The normalized spacial score (nSPS) is 11.4. The Labute approximate surface area is 98.1 Å². The summed E-state index contributed by atoms with van der Waals surface area (Å²) in [6, 6.07) is 4.03. The van der Waals surface area contributed by atoms with Crippen LogP contribution in [0.25, 0.3) is 0 Å². The molecule has 0 aliphatic rings. The number of hydrogen-bond donors (Lipinski definition) is 1. The van der Waals surface area contributed by atoms with Gasteiger partial charge in [-0.1, -0.05) is 6.92 Å². The van der Waals surface area contributed by atoms with Crippen molar-refractivity contribution in [2.75, 3.05) is 6.54 Å². The van der Waals surface area contributed by atoms with Crippen LogP contribution in [-0.2, 0) is 6.54 Å². The number of hydrogen-bond acceptors (Lipinski definition) is 3. The number of rotatable bonds is 5. The number of pyridine rings is 1. The fourth-order valence-corrected chi connectivity index (χ4v) is 1.72. The second-order valence-electron chi connectivity index (χ2n) is 4.48. The van der Waals surface area contributed by atoms with E-state index in [1.54, 1.807) is 6.07 Å². The fourth-order valence-electron chi connectivity index (χ4n) is 1.72. The maximum Gasteiger partial charge on any atom is 0.138 e. The second-order valence-corrected chi connectivity index (χ2v) is 4.48. The average Bonchev–Trinajstić information content (AvgIpc) is 2.22. The van der Waals surface area contributed by atoms with E-state index in [0.717, 1.165) is 30.9 Å². The molecule has 0 saturated heterocycles. The monoisotopic (exact) mass is 222 g/mol. The SMILES string of the molecule is CCCN(Cc1nc(C)ccc1O)C(C)C. The lowest BCUT2D eigenvalue weighted by atomic mass is 10.2. The lowest BCUT2D eigenvalue weighted by Crippen LogP contribution is -2.31. The minimum absolute atomic E-state index is 0.298. The Morgan fingerprint density at radius 1 is 1.38 bits per heavy atom. The van der Waals surface area contributed by atoms with Gasteiger partial charge < -0.3 is 5.11 Å². The van der Waals surface area contributed by atoms with E-state index >= 15 is 0 Å². The Hall–Kier alpha value is -1.09. The van der Waals surface area contributed by atoms with E-state index < -0.39 is 0 Å². The molecule has 1 rings (SSSR count). The molecule has 16 heavy (non-hydrogen) atoms. The van der Waals surface area contributed by atoms with E-state index in [-0.39, 0.29) is 0 Å². The van der Waals surface area contributed by atoms with Gasteiger partial charge in [0.1, 0.15) is 5.75 Å². The average molecular weight is 222 g/mol. The maximum atomic E-state index is 9.74. The van der Waals surface area contributed by atoms with Gasteiger partial charge in [-0.2, -0.15) is 0 Å². The lowest BCUT2D eigenvalue weighted by Gasteiger charge is -2.25. The predicted molar refractivity (Wildman–Crippen MR) is 66.5 cm³/mol. The van der Waals surface area contributed by atoms with Crippen molar-refractivity contribution in [2.24, 2.45) is 0 Å². The van der Waals surface area contributed by atoms with Crippen LogP contribution in [0.3, 0.4) is 0 Å². The van der Waals surface area contributed by atoms with Crippen LogP contribution in [-0.4, -0.2) is 27.6 Å². The molecule has 3 nitrogen and oxygen atoms in total. The third-order valence-electron chi connectivity index (χ3n) is 2.68. The van der Waals surface area contributed by atoms with Gasteiger partial charge in [0.2, 0.25) is 0 Å². The minimum Gasteiger partial charge on any atom is -0.506 e. The number of aromatic hydroxyl groups is 1. The first-order valence-corrected chi connectivity index (χ1v) is 5.94. The highest BCUT2D eigenvalue weighted by Crippen LogP contribution is 2.18. The molecule has 0 fully saturated rings. The van der Waals surface area contributed by atoms with Crippen LogP contribution in [0.1, 0.15) is 38.6 Å². The molecular weight excluding hydrogens is 200 g/mol. The second kappa shape index (κ2) is 5.85. The zero-order valence-electron chi connectivity index (χ0n) is 10.7. The van der Waals surface area contributed by atoms with Crippen LogP contribution in [0, 0.1) is 6.92 Å². The molecule has 0 unspecified atom stereocenters. The molecule has 0 atom stereocenters. The van der Waals surface area contributed by atoms with Gasteiger partial charge in [-0.05, 0) is 45.9 Å². The van der Waals surface area contributed by atoms with Crippen molar-refractivity contribution in [1.82, 2.24) is 9.88 Å². The van der Waals surface area contributed by atoms with Crippen LogP contribution in [0.2, 0.25) is 0 Å². The summed E-state index contributed by atoms with van der Waals surface area (Å²) in [6.45, 7) is 10.2. The van der Waals surface area contributed by atoms with Crippen LogP contribution < -0.4 is 0 Å². The fraction of sp³-hybridized carbons (Fsp3) is 0.615. The summed E-state index contributed by atoms with van der Waals surface area (Å²) in [5, 5.41) is 9.74. The summed E-state index contributed by atoms with van der Waals surface area (Å²) in [4.78, 5) is 6.71. The Balaban J connectivity index is 2.80. The van der Waals surface area contributed by atoms with E-state index in [2.05, 4.69) is 30.7 Å². The van der Waals surface area contributed by atoms with E-state index in [4.69, 9.17) is 0 Å². The zero-order chi connectivity index (χ0) is 12.1. The van der Waals surface area contributed by atoms with Crippen LogP contribution >= 0.6 is 0 Å². The van der Waals surface area contributed by atoms with Gasteiger partial charge in [0, 0.05) is 18.3 Å². The predicted octanol–water partition coefficient (Wildman–Crippen LogP) is 2.72. The molecule has 90 valence electrons. The van der Waals surface area contributed by atoms with Gasteiger partial charge in [0.25, 0.3) is 0 Å². The molecule has 3 heteroatoms. The first-order valence-electron chi connectivity index (χ1n) is 5.94. The summed E-state index contributed by atoms with van der Waals surface area (Å²) in [6.07, 6.45) is 1.12. The topological polar surface area (TPSA) is 36.4 Å². The molecule has 1 N–H and O–H groups in total. The summed E-state index contributed by atoms with van der Waals surface area (Å²) < 4.78 is 0. The summed E-state index contributed by atoms with van der Waals surface area (Å²) in [5.74, 6) is 0.298. The van der Waals surface area contributed by atoms with Crippen molar-refractivity contribution in [3.05, 3.63) is 23.5 Å². The minimum atomic E-state index is 0.298. The van der Waals surface area contributed by atoms with Crippen molar-refractivity contribution in [3.8, 4) is 5.75 Å². The Morgan fingerprint density at radius 2 is 2.06 bits per heavy atom. The van der Waals surface area contributed by atoms with Crippen molar-refractivity contribution >= 4 is 0 Å².